The van der Waals surface area contributed by atoms with Crippen molar-refractivity contribution >= 4 is 29.0 Å². The van der Waals surface area contributed by atoms with Gasteiger partial charge in [-0.2, -0.15) is 0 Å². The molecule has 2 aliphatic heterocycles. The predicted octanol–water partition coefficient (Wildman–Crippen LogP) is 5.43. The summed E-state index contributed by atoms with van der Waals surface area (Å²) in [6.45, 7) is 3.17. The number of carbonyl (C=O) groups is 2. The largest absolute Gasteiger partial charge is 0.487 e. The molecule has 15 heteroatoms. The van der Waals surface area contributed by atoms with Crippen LogP contribution in [0.3, 0.4) is 0 Å². The number of nitrogens with zero attached hydrogens (tertiary/aromatic N) is 7. The van der Waals surface area contributed by atoms with Crippen LogP contribution in [0.2, 0.25) is 0 Å². The number of nitro benzene ring substituents is 1. The summed E-state index contributed by atoms with van der Waals surface area (Å²) < 4.78 is 13.2. The number of nitro groups is 1. The van der Waals surface area contributed by atoms with Crippen molar-refractivity contribution in [3.8, 4) is 5.75 Å². The zero-order valence-corrected chi connectivity index (χ0v) is 27.1. The van der Waals surface area contributed by atoms with Crippen molar-refractivity contribution in [2.45, 2.75) is 45.0 Å². The van der Waals surface area contributed by atoms with E-state index < -0.39 is 4.92 Å². The summed E-state index contributed by atoms with van der Waals surface area (Å²) in [7, 11) is 0. The Bertz CT molecular complexity index is 1980. The smallest absolute Gasteiger partial charge is 0.323 e. The number of amides is 3. The third-order valence-corrected chi connectivity index (χ3v) is 8.84. The van der Waals surface area contributed by atoms with Gasteiger partial charge in [-0.25, -0.2) is 9.48 Å². The highest BCUT2D eigenvalue weighted by Gasteiger charge is 2.28. The van der Waals surface area contributed by atoms with Crippen LogP contribution in [0.4, 0.5) is 21.9 Å². The molecule has 5 aromatic rings. The molecule has 2 N–H and O–H groups in total. The number of para-hydroxylation sites is 1. The van der Waals surface area contributed by atoms with Gasteiger partial charge in [-0.15, -0.1) is 5.10 Å². The lowest BCUT2D eigenvalue weighted by Crippen LogP contribution is -2.37. The zero-order valence-electron chi connectivity index (χ0n) is 27.1. The Balaban J connectivity index is 0.911. The van der Waals surface area contributed by atoms with Crippen molar-refractivity contribution in [2.24, 2.45) is 0 Å². The van der Waals surface area contributed by atoms with Gasteiger partial charge < -0.3 is 24.8 Å². The van der Waals surface area contributed by atoms with Crippen molar-refractivity contribution in [1.82, 2.24) is 30.0 Å². The monoisotopic (exact) mass is 677 g/mol. The lowest BCUT2D eigenvalue weighted by atomic mass is 9.97. The summed E-state index contributed by atoms with van der Waals surface area (Å²) in [5, 5.41) is 29.3. The first kappa shape index (κ1) is 32.5. The highest BCUT2D eigenvalue weighted by molar-refractivity contribution is 6.00. The summed E-state index contributed by atoms with van der Waals surface area (Å²) in [6, 6.07) is 22.4. The number of urea groups is 1. The van der Waals surface area contributed by atoms with Crippen LogP contribution in [-0.4, -0.2) is 66.4 Å². The van der Waals surface area contributed by atoms with E-state index in [0.29, 0.717) is 48.9 Å². The second-order valence-corrected chi connectivity index (χ2v) is 12.3. The van der Waals surface area contributed by atoms with Gasteiger partial charge in [0.15, 0.2) is 11.5 Å². The van der Waals surface area contributed by atoms with Crippen LogP contribution < -0.4 is 15.4 Å². The Morgan fingerprint density at radius 1 is 1.02 bits per heavy atom. The number of fused-ring (bicyclic) bond motifs is 1. The van der Waals surface area contributed by atoms with E-state index in [4.69, 9.17) is 9.26 Å². The van der Waals surface area contributed by atoms with Crippen LogP contribution in [0.5, 0.6) is 5.75 Å². The molecule has 0 saturated carbocycles. The van der Waals surface area contributed by atoms with Gasteiger partial charge in [-0.05, 0) is 67.3 Å². The van der Waals surface area contributed by atoms with Crippen LogP contribution in [-0.2, 0) is 26.1 Å². The number of carbonyl (C=O) groups excluding carboxylic acids is 2. The van der Waals surface area contributed by atoms with Gasteiger partial charge in [0.2, 0.25) is 0 Å². The van der Waals surface area contributed by atoms with Gasteiger partial charge in [0.1, 0.15) is 18.1 Å². The third kappa shape index (κ3) is 7.63. The number of likely N-dealkylation sites (tertiary alicyclic amines) is 1. The number of hydrogen-bond acceptors (Lipinski definition) is 10. The van der Waals surface area contributed by atoms with E-state index in [1.54, 1.807) is 23.1 Å². The number of hydrogen-bond donors (Lipinski definition) is 2. The minimum absolute atomic E-state index is 0.00232. The maximum absolute atomic E-state index is 13.5. The summed E-state index contributed by atoms with van der Waals surface area (Å²) in [4.78, 5) is 40.5. The lowest BCUT2D eigenvalue weighted by Gasteiger charge is -2.31. The maximum Gasteiger partial charge on any atom is 0.323 e. The van der Waals surface area contributed by atoms with Crippen molar-refractivity contribution in [2.75, 3.05) is 30.3 Å². The number of benzene rings is 3. The topological polar surface area (TPSA) is 174 Å². The summed E-state index contributed by atoms with van der Waals surface area (Å²) in [5.41, 5.74) is 4.33. The molecule has 1 atom stereocenters. The molecule has 2 aliphatic rings. The summed E-state index contributed by atoms with van der Waals surface area (Å²) in [6.07, 6.45) is 4.35. The molecule has 3 amide bonds. The third-order valence-electron chi connectivity index (χ3n) is 8.84. The first-order valence-electron chi connectivity index (χ1n) is 16.4. The highest BCUT2D eigenvalue weighted by atomic mass is 16.6. The van der Waals surface area contributed by atoms with Gasteiger partial charge in [-0.3, -0.25) is 19.8 Å². The molecule has 1 fully saturated rings. The molecular weight excluding hydrogens is 642 g/mol. The minimum atomic E-state index is -0.453. The molecular formula is C35H35N9O6. The Morgan fingerprint density at radius 2 is 1.86 bits per heavy atom. The normalized spacial score (nSPS) is 16.0. The molecule has 0 radical (unpaired) electrons. The SMILES string of the molecule is O=C(Nc1ccccc1)Nc1cccc2c1CCN(C(=O)c1cc(CN3CCCC(n4cc(COc5ccc([N+](=O)[O-])cc5)nn4)C3)on1)C2. The van der Waals surface area contributed by atoms with E-state index in [9.17, 15) is 19.7 Å². The van der Waals surface area contributed by atoms with Crippen molar-refractivity contribution in [3.05, 3.63) is 123 Å². The number of piperidine rings is 1. The molecule has 0 spiro atoms. The Kier molecular flexibility index (Phi) is 9.46. The fourth-order valence-electron chi connectivity index (χ4n) is 6.35. The van der Waals surface area contributed by atoms with E-state index in [1.165, 1.54) is 12.1 Å². The van der Waals surface area contributed by atoms with Crippen LogP contribution >= 0.6 is 0 Å². The fourth-order valence-corrected chi connectivity index (χ4v) is 6.35. The van der Waals surface area contributed by atoms with Gasteiger partial charge in [0.25, 0.3) is 11.6 Å². The van der Waals surface area contributed by atoms with Crippen molar-refractivity contribution < 1.29 is 23.8 Å². The molecule has 0 bridgehead atoms. The van der Waals surface area contributed by atoms with Gasteiger partial charge in [-0.1, -0.05) is 40.7 Å². The Morgan fingerprint density at radius 3 is 2.68 bits per heavy atom. The van der Waals surface area contributed by atoms with Crippen molar-refractivity contribution in [1.29, 1.82) is 0 Å². The summed E-state index contributed by atoms with van der Waals surface area (Å²) in [5.74, 6) is 0.919. The lowest BCUT2D eigenvalue weighted by molar-refractivity contribution is -0.384. The zero-order chi connectivity index (χ0) is 34.5. The number of aromatic nitrogens is 4. The molecule has 3 aromatic carbocycles. The highest BCUT2D eigenvalue weighted by Crippen LogP contribution is 2.28. The fraction of sp³-hybridized carbons (Fsp3) is 0.286. The van der Waals surface area contributed by atoms with Gasteiger partial charge in [0, 0.05) is 49.2 Å². The number of non-ortho nitro benzene ring substituents is 1. The van der Waals surface area contributed by atoms with E-state index in [1.807, 2.05) is 59.4 Å². The molecule has 0 aliphatic carbocycles. The second-order valence-electron chi connectivity index (χ2n) is 12.3. The molecule has 256 valence electrons. The van der Waals surface area contributed by atoms with E-state index >= 15 is 0 Å². The van der Waals surface area contributed by atoms with Gasteiger partial charge in [0.05, 0.1) is 23.7 Å². The molecule has 2 aromatic heterocycles. The molecule has 1 saturated heterocycles. The van der Waals surface area contributed by atoms with Crippen LogP contribution in [0, 0.1) is 10.1 Å². The average Bonchev–Trinajstić information content (AvgIpc) is 3.81. The number of anilines is 2. The maximum atomic E-state index is 13.5. The number of ether oxygens (including phenoxy) is 1. The molecule has 50 heavy (non-hydrogen) atoms. The predicted molar refractivity (Wildman–Crippen MR) is 181 cm³/mol. The Labute approximate surface area is 286 Å². The van der Waals surface area contributed by atoms with Crippen LogP contribution in [0.15, 0.2) is 89.6 Å². The number of nitrogens with one attached hydrogen (secondary N) is 2. The van der Waals surface area contributed by atoms with E-state index in [2.05, 4.69) is 31.0 Å². The molecule has 4 heterocycles. The van der Waals surface area contributed by atoms with E-state index in [-0.39, 0.29) is 36.0 Å². The first-order chi connectivity index (χ1) is 24.4. The standard InChI is InChI=1S/C35H35N9O6/c45-34(42-17-15-31-24(19-42)6-4-10-32(31)37-35(46)36-25-7-2-1-3-8-25)33-18-30(50-39-33)22-41-16-5-9-28(21-41)43-20-26(38-40-43)23-49-29-13-11-27(12-14-29)44(47)48/h1-4,6-8,10-14,18,20,28H,5,9,15-17,19,21-23H2,(H2,36,37,46). The average molecular weight is 678 g/mol. The quantitative estimate of drug-likeness (QED) is 0.143. The molecule has 1 unspecified atom stereocenters. The summed E-state index contributed by atoms with van der Waals surface area (Å²) >= 11 is 0. The second kappa shape index (κ2) is 14.6. The Hall–Kier alpha value is -6.09. The first-order valence-corrected chi connectivity index (χ1v) is 16.4. The van der Waals surface area contributed by atoms with E-state index in [0.717, 1.165) is 42.7 Å². The van der Waals surface area contributed by atoms with Crippen molar-refractivity contribution in [3.63, 3.8) is 0 Å². The molecule has 15 nitrogen and oxygen atoms in total. The number of rotatable bonds is 10. The van der Waals surface area contributed by atoms with Crippen LogP contribution in [0.25, 0.3) is 0 Å². The van der Waals surface area contributed by atoms with Crippen LogP contribution in [0.1, 0.15) is 52.0 Å². The molecule has 7 rings (SSSR count). The minimum Gasteiger partial charge on any atom is -0.487 e. The van der Waals surface area contributed by atoms with Gasteiger partial charge >= 0.3 is 6.03 Å².